The van der Waals surface area contributed by atoms with E-state index in [-0.39, 0.29) is 23.2 Å². The van der Waals surface area contributed by atoms with Crippen molar-refractivity contribution in [3.05, 3.63) is 83.9 Å². The van der Waals surface area contributed by atoms with Crippen LogP contribution in [0.3, 0.4) is 0 Å². The van der Waals surface area contributed by atoms with Crippen LogP contribution in [-0.2, 0) is 0 Å². The molecule has 0 spiro atoms. The van der Waals surface area contributed by atoms with E-state index in [0.717, 1.165) is 0 Å². The van der Waals surface area contributed by atoms with Gasteiger partial charge in [-0.3, -0.25) is 19.6 Å². The maximum atomic E-state index is 13.0. The molecule has 0 bridgehead atoms. The summed E-state index contributed by atoms with van der Waals surface area (Å²) in [5.74, 6) is -2.17. The van der Waals surface area contributed by atoms with E-state index in [1.54, 1.807) is 76.7 Å². The number of carbonyl (C=O) groups excluding carboxylic acids is 2. The topological polar surface area (TPSA) is 122 Å². The molecular weight excluding hydrogens is 464 g/mol. The summed E-state index contributed by atoms with van der Waals surface area (Å²) in [5, 5.41) is 18.4. The van der Waals surface area contributed by atoms with Crippen LogP contribution in [-0.4, -0.2) is 62.4 Å². The zero-order chi connectivity index (χ0) is 26.6. The molecule has 36 heavy (non-hydrogen) atoms. The second-order valence-corrected chi connectivity index (χ2v) is 8.03. The number of benzene rings is 3. The minimum atomic E-state index is -1.08. The molecule has 3 aromatic rings. The molecule has 4 amide bonds. The fourth-order valence-electron chi connectivity index (χ4n) is 3.49. The minimum absolute atomic E-state index is 0.0755. The van der Waals surface area contributed by atoms with E-state index >= 15 is 0 Å². The minimum Gasteiger partial charge on any atom is -0.478 e. The van der Waals surface area contributed by atoms with E-state index in [2.05, 4.69) is 0 Å². The Balaban J connectivity index is 1.73. The Morgan fingerprint density at radius 1 is 0.500 bits per heavy atom. The average molecular weight is 491 g/mol. The summed E-state index contributed by atoms with van der Waals surface area (Å²) >= 11 is 0. The van der Waals surface area contributed by atoms with Crippen LogP contribution in [0.25, 0.3) is 0 Å². The van der Waals surface area contributed by atoms with Crippen molar-refractivity contribution in [2.24, 2.45) is 0 Å². The Labute approximate surface area is 208 Å². The summed E-state index contributed by atoms with van der Waals surface area (Å²) < 4.78 is 0. The molecule has 0 saturated heterocycles. The van der Waals surface area contributed by atoms with Crippen molar-refractivity contribution < 1.29 is 29.4 Å². The Morgan fingerprint density at radius 2 is 0.806 bits per heavy atom. The van der Waals surface area contributed by atoms with Gasteiger partial charge in [0.15, 0.2) is 0 Å². The third-order valence-corrected chi connectivity index (χ3v) is 5.73. The largest absolute Gasteiger partial charge is 0.478 e. The summed E-state index contributed by atoms with van der Waals surface area (Å²) in [7, 11) is 6.28. The Morgan fingerprint density at radius 3 is 1.11 bits per heavy atom. The van der Waals surface area contributed by atoms with Gasteiger partial charge in [-0.1, -0.05) is 12.1 Å². The SMILES string of the molecule is CN(C(=O)N(C)c1cccc(C(=O)O)c1)c1ccc(N(C)C(=O)N(C)c2cccc(C(=O)O)c2)cc1. The molecule has 186 valence electrons. The Hall–Kier alpha value is -4.86. The standard InChI is InChI=1S/C26H26N4O6/c1-27(25(35)29(3)21-9-5-7-17(15-21)23(31)32)19-11-13-20(14-12-19)28(2)26(36)30(4)22-10-6-8-18(16-22)24(33)34/h5-16H,1-4H3,(H,31,32)(H,33,34). The number of rotatable bonds is 6. The Bertz CT molecular complexity index is 1210. The zero-order valence-corrected chi connectivity index (χ0v) is 20.2. The molecule has 0 fully saturated rings. The summed E-state index contributed by atoms with van der Waals surface area (Å²) in [5.41, 5.74) is 2.15. The fourth-order valence-corrected chi connectivity index (χ4v) is 3.49. The molecule has 0 heterocycles. The highest BCUT2D eigenvalue weighted by atomic mass is 16.4. The molecule has 0 atom stereocenters. The summed E-state index contributed by atoms with van der Waals surface area (Å²) in [6, 6.07) is 18.1. The number of carboxylic acid groups (broad SMARTS) is 2. The van der Waals surface area contributed by atoms with Crippen molar-refractivity contribution in [3.8, 4) is 0 Å². The van der Waals surface area contributed by atoms with Crippen molar-refractivity contribution in [3.63, 3.8) is 0 Å². The van der Waals surface area contributed by atoms with Crippen LogP contribution in [0.15, 0.2) is 72.8 Å². The van der Waals surface area contributed by atoms with Crippen LogP contribution in [0.4, 0.5) is 32.3 Å². The third kappa shape index (κ3) is 5.44. The van der Waals surface area contributed by atoms with Gasteiger partial charge in [0.2, 0.25) is 0 Å². The molecule has 2 N–H and O–H groups in total. The van der Waals surface area contributed by atoms with Crippen molar-refractivity contribution >= 4 is 46.8 Å². The fraction of sp³-hybridized carbons (Fsp3) is 0.154. The van der Waals surface area contributed by atoms with Crippen molar-refractivity contribution in [2.45, 2.75) is 0 Å². The third-order valence-electron chi connectivity index (χ3n) is 5.73. The highest BCUT2D eigenvalue weighted by molar-refractivity contribution is 6.05. The maximum Gasteiger partial charge on any atom is 0.335 e. The van der Waals surface area contributed by atoms with Gasteiger partial charge in [0.25, 0.3) is 0 Å². The number of urea groups is 2. The molecular formula is C26H26N4O6. The van der Waals surface area contributed by atoms with E-state index in [4.69, 9.17) is 0 Å². The molecule has 3 rings (SSSR count). The number of amides is 4. The number of nitrogens with zero attached hydrogens (tertiary/aromatic N) is 4. The first-order valence-electron chi connectivity index (χ1n) is 10.8. The molecule has 0 saturated carbocycles. The van der Waals surface area contributed by atoms with Crippen LogP contribution >= 0.6 is 0 Å². The first-order valence-corrected chi connectivity index (χ1v) is 10.8. The lowest BCUT2D eigenvalue weighted by atomic mass is 10.2. The van der Waals surface area contributed by atoms with Gasteiger partial charge in [0, 0.05) is 50.9 Å². The average Bonchev–Trinajstić information content (AvgIpc) is 2.90. The normalized spacial score (nSPS) is 10.3. The molecule has 0 aromatic heterocycles. The molecule has 0 aliphatic heterocycles. The monoisotopic (exact) mass is 490 g/mol. The quantitative estimate of drug-likeness (QED) is 0.526. The van der Waals surface area contributed by atoms with E-state index in [0.29, 0.717) is 22.7 Å². The number of hydrogen-bond acceptors (Lipinski definition) is 4. The van der Waals surface area contributed by atoms with Crippen LogP contribution in [0, 0.1) is 0 Å². The van der Waals surface area contributed by atoms with Crippen molar-refractivity contribution in [1.29, 1.82) is 0 Å². The van der Waals surface area contributed by atoms with E-state index in [9.17, 15) is 29.4 Å². The molecule has 0 aliphatic rings. The highest BCUT2D eigenvalue weighted by Gasteiger charge is 2.21. The summed E-state index contributed by atoms with van der Waals surface area (Å²) in [6.07, 6.45) is 0. The van der Waals surface area contributed by atoms with Gasteiger partial charge in [0.1, 0.15) is 0 Å². The van der Waals surface area contributed by atoms with Crippen molar-refractivity contribution in [1.82, 2.24) is 0 Å². The molecule has 0 unspecified atom stereocenters. The first-order chi connectivity index (χ1) is 17.0. The maximum absolute atomic E-state index is 13.0. The number of carboxylic acids is 2. The zero-order valence-electron chi connectivity index (χ0n) is 20.2. The van der Waals surface area contributed by atoms with Crippen LogP contribution < -0.4 is 19.6 Å². The molecule has 0 aliphatic carbocycles. The number of aromatic carboxylic acids is 2. The van der Waals surface area contributed by atoms with Gasteiger partial charge in [-0.15, -0.1) is 0 Å². The number of carbonyl (C=O) groups is 4. The van der Waals surface area contributed by atoms with Gasteiger partial charge < -0.3 is 10.2 Å². The lowest BCUT2D eigenvalue weighted by Crippen LogP contribution is -2.39. The van der Waals surface area contributed by atoms with Gasteiger partial charge in [-0.05, 0) is 60.7 Å². The summed E-state index contributed by atoms with van der Waals surface area (Å²) in [4.78, 5) is 53.9. The van der Waals surface area contributed by atoms with Crippen LogP contribution in [0.2, 0.25) is 0 Å². The summed E-state index contributed by atoms with van der Waals surface area (Å²) in [6.45, 7) is 0. The number of anilines is 4. The van der Waals surface area contributed by atoms with Gasteiger partial charge in [0.05, 0.1) is 11.1 Å². The Kier molecular flexibility index (Phi) is 7.58. The van der Waals surface area contributed by atoms with Crippen LogP contribution in [0.5, 0.6) is 0 Å². The predicted octanol–water partition coefficient (Wildman–Crippen LogP) is 4.47. The lowest BCUT2D eigenvalue weighted by molar-refractivity contribution is 0.0686. The first kappa shape index (κ1) is 25.8. The molecule has 10 heteroatoms. The molecule has 10 nitrogen and oxygen atoms in total. The van der Waals surface area contributed by atoms with Gasteiger partial charge in [-0.2, -0.15) is 0 Å². The smallest absolute Gasteiger partial charge is 0.335 e. The second-order valence-electron chi connectivity index (χ2n) is 8.03. The van der Waals surface area contributed by atoms with Crippen molar-refractivity contribution in [2.75, 3.05) is 47.8 Å². The number of hydrogen-bond donors (Lipinski definition) is 2. The second kappa shape index (κ2) is 10.6. The lowest BCUT2D eigenvalue weighted by Gasteiger charge is -2.27. The molecule has 0 radical (unpaired) electrons. The van der Waals surface area contributed by atoms with E-state index in [1.165, 1.54) is 43.9 Å². The van der Waals surface area contributed by atoms with Gasteiger partial charge >= 0.3 is 24.0 Å². The van der Waals surface area contributed by atoms with Gasteiger partial charge in [-0.25, -0.2) is 19.2 Å². The van der Waals surface area contributed by atoms with E-state index in [1.807, 2.05) is 0 Å². The highest BCUT2D eigenvalue weighted by Crippen LogP contribution is 2.24. The predicted molar refractivity (Wildman–Crippen MR) is 138 cm³/mol. The molecule has 3 aromatic carbocycles. The van der Waals surface area contributed by atoms with E-state index < -0.39 is 11.9 Å². The van der Waals surface area contributed by atoms with Crippen LogP contribution in [0.1, 0.15) is 20.7 Å².